The van der Waals surface area contributed by atoms with Crippen molar-refractivity contribution >= 4 is 12.4 Å². The zero-order valence-electron chi connectivity index (χ0n) is 12.3. The molecule has 6 nitrogen and oxygen atoms in total. The highest BCUT2D eigenvalue weighted by Gasteiger charge is 2.25. The van der Waals surface area contributed by atoms with Crippen molar-refractivity contribution in [3.8, 4) is 5.75 Å². The molecule has 2 aromatic rings. The Balaban J connectivity index is 0.00000176. The highest BCUT2D eigenvalue weighted by molar-refractivity contribution is 5.85. The molecule has 0 amide bonds. The first-order chi connectivity index (χ1) is 10.2. The van der Waals surface area contributed by atoms with E-state index >= 15 is 0 Å². The van der Waals surface area contributed by atoms with Gasteiger partial charge in [-0.1, -0.05) is 17.3 Å². The molecule has 1 aliphatic carbocycles. The summed E-state index contributed by atoms with van der Waals surface area (Å²) in [5.41, 5.74) is 6.57. The van der Waals surface area contributed by atoms with E-state index in [1.807, 2.05) is 12.1 Å². The lowest BCUT2D eigenvalue weighted by Gasteiger charge is -2.20. The summed E-state index contributed by atoms with van der Waals surface area (Å²) in [5, 5.41) is 13.5. The molecule has 3 rings (SSSR count). The van der Waals surface area contributed by atoms with Gasteiger partial charge < -0.3 is 15.4 Å². The zero-order chi connectivity index (χ0) is 14.7. The first-order valence-corrected chi connectivity index (χ1v) is 7.24. The van der Waals surface area contributed by atoms with Gasteiger partial charge in [0.15, 0.2) is 5.82 Å². The number of nitrogens with zero attached hydrogens (tertiary/aromatic N) is 3. The van der Waals surface area contributed by atoms with Gasteiger partial charge in [0.05, 0.1) is 13.1 Å². The van der Waals surface area contributed by atoms with Gasteiger partial charge in [0.1, 0.15) is 5.75 Å². The van der Waals surface area contributed by atoms with Crippen LogP contribution in [0.5, 0.6) is 5.75 Å². The molecule has 1 heterocycles. The average molecular weight is 325 g/mol. The topological polar surface area (TPSA) is 88.4 Å². The number of hydrogen-bond donors (Lipinski definition) is 2. The summed E-state index contributed by atoms with van der Waals surface area (Å²) in [6, 6.07) is 7.35. The van der Waals surface area contributed by atoms with Crippen molar-refractivity contribution in [2.45, 2.75) is 32.5 Å². The molecular formula is C15H21ClN4O2. The first-order valence-electron chi connectivity index (χ1n) is 7.24. The van der Waals surface area contributed by atoms with Gasteiger partial charge in [0, 0.05) is 13.1 Å². The molecule has 1 aromatic heterocycles. The van der Waals surface area contributed by atoms with E-state index in [9.17, 15) is 5.11 Å². The Labute approximate surface area is 135 Å². The van der Waals surface area contributed by atoms with Crippen LogP contribution in [0.1, 0.15) is 30.1 Å². The lowest BCUT2D eigenvalue weighted by molar-refractivity contribution is 0.235. The Morgan fingerprint density at radius 2 is 2.14 bits per heavy atom. The van der Waals surface area contributed by atoms with Crippen LogP contribution in [-0.2, 0) is 19.6 Å². The average Bonchev–Trinajstić information content (AvgIpc) is 3.15. The molecule has 7 heteroatoms. The maximum atomic E-state index is 9.57. The smallest absolute Gasteiger partial charge is 0.240 e. The van der Waals surface area contributed by atoms with Gasteiger partial charge in [-0.25, -0.2) is 0 Å². The molecule has 0 aliphatic heterocycles. The van der Waals surface area contributed by atoms with Gasteiger partial charge in [0.25, 0.3) is 0 Å². The Morgan fingerprint density at radius 3 is 2.77 bits per heavy atom. The van der Waals surface area contributed by atoms with Crippen LogP contribution in [0.15, 0.2) is 28.8 Å². The first kappa shape index (κ1) is 16.7. The van der Waals surface area contributed by atoms with E-state index < -0.39 is 0 Å². The Bertz CT molecular complexity index is 601. The van der Waals surface area contributed by atoms with Crippen LogP contribution in [0.25, 0.3) is 0 Å². The molecule has 1 aliphatic rings. The summed E-state index contributed by atoms with van der Waals surface area (Å²) in [4.78, 5) is 6.55. The number of aromatic nitrogens is 2. The van der Waals surface area contributed by atoms with Crippen LogP contribution in [0.4, 0.5) is 0 Å². The predicted molar refractivity (Wildman–Crippen MR) is 84.4 cm³/mol. The van der Waals surface area contributed by atoms with Crippen LogP contribution in [0.3, 0.4) is 0 Å². The van der Waals surface area contributed by atoms with Crippen molar-refractivity contribution < 1.29 is 9.63 Å². The summed E-state index contributed by atoms with van der Waals surface area (Å²) in [7, 11) is 0. The third-order valence-corrected chi connectivity index (χ3v) is 3.58. The largest absolute Gasteiger partial charge is 0.508 e. The summed E-state index contributed by atoms with van der Waals surface area (Å²) in [6.07, 6.45) is 2.58. The summed E-state index contributed by atoms with van der Waals surface area (Å²) < 4.78 is 5.05. The quantitative estimate of drug-likeness (QED) is 0.810. The number of rotatable bonds is 7. The molecule has 0 spiro atoms. The SMILES string of the molecule is Cl.NCc1nc(CN(Cc2cccc(O)c2)CC2CC2)no1. The maximum absolute atomic E-state index is 9.57. The van der Waals surface area contributed by atoms with Crippen LogP contribution in [0.2, 0.25) is 0 Å². The fraction of sp³-hybridized carbons (Fsp3) is 0.467. The van der Waals surface area contributed by atoms with E-state index in [1.165, 1.54) is 12.8 Å². The standard InChI is InChI=1S/C15H20N4O2.ClH/c16-7-15-17-14(18-21-15)10-19(8-11-4-5-11)9-12-2-1-3-13(20)6-12;/h1-3,6,11,20H,4-5,7-10,16H2;1H. The van der Waals surface area contributed by atoms with Gasteiger partial charge >= 0.3 is 0 Å². The van der Waals surface area contributed by atoms with Gasteiger partial charge in [-0.05, 0) is 36.5 Å². The molecule has 3 N–H and O–H groups in total. The van der Waals surface area contributed by atoms with Crippen molar-refractivity contribution in [3.63, 3.8) is 0 Å². The molecule has 120 valence electrons. The Kier molecular flexibility index (Phi) is 5.76. The number of phenols is 1. The maximum Gasteiger partial charge on any atom is 0.240 e. The van der Waals surface area contributed by atoms with E-state index in [0.717, 1.165) is 24.6 Å². The second-order valence-corrected chi connectivity index (χ2v) is 5.59. The van der Waals surface area contributed by atoms with Crippen LogP contribution in [-0.4, -0.2) is 26.7 Å². The molecule has 1 fully saturated rings. The molecule has 0 radical (unpaired) electrons. The number of aromatic hydroxyl groups is 1. The number of hydrogen-bond acceptors (Lipinski definition) is 6. The van der Waals surface area contributed by atoms with Crippen molar-refractivity contribution in [2.24, 2.45) is 11.7 Å². The van der Waals surface area contributed by atoms with Gasteiger partial charge in [-0.3, -0.25) is 4.90 Å². The monoisotopic (exact) mass is 324 g/mol. The minimum Gasteiger partial charge on any atom is -0.508 e. The Morgan fingerprint density at radius 1 is 1.32 bits per heavy atom. The molecule has 1 saturated carbocycles. The predicted octanol–water partition coefficient (Wildman–Crippen LogP) is 2.07. The third-order valence-electron chi connectivity index (χ3n) is 3.58. The second-order valence-electron chi connectivity index (χ2n) is 5.59. The van der Waals surface area contributed by atoms with Gasteiger partial charge in [-0.2, -0.15) is 4.98 Å². The fourth-order valence-corrected chi connectivity index (χ4v) is 2.40. The van der Waals surface area contributed by atoms with Crippen molar-refractivity contribution in [3.05, 3.63) is 41.5 Å². The molecule has 1 aromatic carbocycles. The van der Waals surface area contributed by atoms with E-state index in [1.54, 1.807) is 12.1 Å². The number of phenolic OH excluding ortho intramolecular Hbond substituents is 1. The van der Waals surface area contributed by atoms with E-state index in [4.69, 9.17) is 10.3 Å². The highest BCUT2D eigenvalue weighted by atomic mass is 35.5. The van der Waals surface area contributed by atoms with Crippen molar-refractivity contribution in [1.82, 2.24) is 15.0 Å². The van der Waals surface area contributed by atoms with Crippen LogP contribution in [0, 0.1) is 5.92 Å². The van der Waals surface area contributed by atoms with E-state index in [-0.39, 0.29) is 19.0 Å². The van der Waals surface area contributed by atoms with Gasteiger partial charge in [0.2, 0.25) is 5.89 Å². The van der Waals surface area contributed by atoms with E-state index in [2.05, 4.69) is 15.0 Å². The lowest BCUT2D eigenvalue weighted by atomic mass is 10.2. The number of halogens is 1. The minimum atomic E-state index is 0. The fourth-order valence-electron chi connectivity index (χ4n) is 2.40. The number of nitrogens with two attached hydrogens (primary N) is 1. The second kappa shape index (κ2) is 7.58. The molecule has 0 atom stereocenters. The zero-order valence-corrected chi connectivity index (χ0v) is 13.1. The highest BCUT2D eigenvalue weighted by Crippen LogP contribution is 2.30. The molecule has 22 heavy (non-hydrogen) atoms. The van der Waals surface area contributed by atoms with Crippen molar-refractivity contribution in [1.29, 1.82) is 0 Å². The molecule has 0 unspecified atom stereocenters. The summed E-state index contributed by atoms with van der Waals surface area (Å²) in [6.45, 7) is 2.68. The normalized spacial score (nSPS) is 14.1. The summed E-state index contributed by atoms with van der Waals surface area (Å²) in [5.74, 6) is 2.19. The van der Waals surface area contributed by atoms with Crippen LogP contribution < -0.4 is 5.73 Å². The number of benzene rings is 1. The molecular weight excluding hydrogens is 304 g/mol. The Hall–Kier alpha value is -1.63. The lowest BCUT2D eigenvalue weighted by Crippen LogP contribution is -2.25. The van der Waals surface area contributed by atoms with Crippen LogP contribution >= 0.6 is 12.4 Å². The van der Waals surface area contributed by atoms with Gasteiger partial charge in [-0.15, -0.1) is 12.4 Å². The summed E-state index contributed by atoms with van der Waals surface area (Å²) >= 11 is 0. The molecule has 0 saturated heterocycles. The van der Waals surface area contributed by atoms with Crippen molar-refractivity contribution in [2.75, 3.05) is 6.54 Å². The van der Waals surface area contributed by atoms with E-state index in [0.29, 0.717) is 24.0 Å². The third kappa shape index (κ3) is 4.69. The minimum absolute atomic E-state index is 0. The molecule has 0 bridgehead atoms.